The summed E-state index contributed by atoms with van der Waals surface area (Å²) in [5.74, 6) is 0. The minimum absolute atomic E-state index is 0.139. The lowest BCUT2D eigenvalue weighted by Gasteiger charge is -2.36. The van der Waals surface area contributed by atoms with Crippen molar-refractivity contribution in [3.63, 3.8) is 0 Å². The van der Waals surface area contributed by atoms with Crippen LogP contribution in [0.4, 0.5) is 0 Å². The molecular weight excluding hydrogens is 186 g/mol. The summed E-state index contributed by atoms with van der Waals surface area (Å²) in [6, 6.07) is -0.281. The third-order valence-corrected chi connectivity index (χ3v) is 2.40. The van der Waals surface area contributed by atoms with E-state index < -0.39 is 0 Å². The van der Waals surface area contributed by atoms with Gasteiger partial charge in [-0.1, -0.05) is 5.11 Å². The summed E-state index contributed by atoms with van der Waals surface area (Å²) in [7, 11) is 3.17. The highest BCUT2D eigenvalue weighted by Gasteiger charge is 2.36. The first-order valence-electron chi connectivity index (χ1n) is 4.48. The normalized spacial score (nSPS) is 37.6. The molecule has 0 spiro atoms. The lowest BCUT2D eigenvalue weighted by molar-refractivity contribution is -0.209. The van der Waals surface area contributed by atoms with Crippen LogP contribution in [-0.2, 0) is 14.2 Å². The zero-order valence-electron chi connectivity index (χ0n) is 8.58. The van der Waals surface area contributed by atoms with Gasteiger partial charge in [-0.25, -0.2) is 0 Å². The molecule has 0 N–H and O–H groups in total. The first-order valence-corrected chi connectivity index (χ1v) is 4.48. The molecule has 1 rings (SSSR count). The molecule has 0 saturated carbocycles. The van der Waals surface area contributed by atoms with Gasteiger partial charge in [0, 0.05) is 25.6 Å². The third-order valence-electron chi connectivity index (χ3n) is 2.40. The Balaban J connectivity index is 2.70. The second-order valence-electron chi connectivity index (χ2n) is 3.21. The van der Waals surface area contributed by atoms with Gasteiger partial charge in [0.2, 0.25) is 0 Å². The highest BCUT2D eigenvalue weighted by molar-refractivity contribution is 4.87. The maximum absolute atomic E-state index is 8.39. The number of hydrogen-bond donors (Lipinski definition) is 0. The molecule has 0 bridgehead atoms. The van der Waals surface area contributed by atoms with Crippen LogP contribution in [0.2, 0.25) is 0 Å². The predicted molar refractivity (Wildman–Crippen MR) is 49.7 cm³/mol. The fourth-order valence-corrected chi connectivity index (χ4v) is 1.62. The average Bonchev–Trinajstić information content (AvgIpc) is 2.20. The molecule has 0 aromatic heterocycles. The highest BCUT2D eigenvalue weighted by atomic mass is 16.7. The largest absolute Gasteiger partial charge is 0.381 e. The summed E-state index contributed by atoms with van der Waals surface area (Å²) in [5, 5.41) is 3.66. The molecular formula is C8H15N3O3. The second-order valence-corrected chi connectivity index (χ2v) is 3.21. The van der Waals surface area contributed by atoms with E-state index in [1.54, 1.807) is 14.2 Å². The van der Waals surface area contributed by atoms with E-state index in [1.165, 1.54) is 0 Å². The van der Waals surface area contributed by atoms with Crippen LogP contribution < -0.4 is 0 Å². The van der Waals surface area contributed by atoms with Crippen molar-refractivity contribution >= 4 is 0 Å². The van der Waals surface area contributed by atoms with Crippen LogP contribution in [0.15, 0.2) is 5.11 Å². The van der Waals surface area contributed by atoms with Gasteiger partial charge < -0.3 is 14.2 Å². The topological polar surface area (TPSA) is 76.5 Å². The molecule has 1 fully saturated rings. The van der Waals surface area contributed by atoms with Crippen LogP contribution in [0.25, 0.3) is 10.4 Å². The number of ether oxygens (including phenoxy) is 3. The Kier molecular flexibility index (Phi) is 4.16. The Morgan fingerprint density at radius 3 is 2.64 bits per heavy atom. The van der Waals surface area contributed by atoms with Crippen molar-refractivity contribution in [1.82, 2.24) is 0 Å². The Hall–Kier alpha value is -0.810. The van der Waals surface area contributed by atoms with Crippen molar-refractivity contribution in [1.29, 1.82) is 0 Å². The zero-order chi connectivity index (χ0) is 10.6. The van der Waals surface area contributed by atoms with Crippen LogP contribution in [0.1, 0.15) is 13.3 Å². The van der Waals surface area contributed by atoms with Crippen LogP contribution in [-0.4, -0.2) is 38.8 Å². The summed E-state index contributed by atoms with van der Waals surface area (Å²) in [6.07, 6.45) is -0.0182. The molecule has 80 valence electrons. The number of rotatable bonds is 3. The second kappa shape index (κ2) is 5.17. The lowest BCUT2D eigenvalue weighted by Crippen LogP contribution is -2.47. The molecule has 0 aromatic rings. The molecule has 14 heavy (non-hydrogen) atoms. The Bertz CT molecular complexity index is 230. The van der Waals surface area contributed by atoms with Gasteiger partial charge in [0.1, 0.15) is 0 Å². The standard InChI is InChI=1S/C8H15N3O3/c1-5-8(10-11-9)6(12-2)4-7(13-3)14-5/h5-8H,4H2,1-3H3/t5-,6-,7-,8-/m0/s1. The van der Waals surface area contributed by atoms with E-state index in [0.29, 0.717) is 6.42 Å². The summed E-state index contributed by atoms with van der Waals surface area (Å²) in [5.41, 5.74) is 8.39. The average molecular weight is 201 g/mol. The molecule has 6 nitrogen and oxygen atoms in total. The Morgan fingerprint density at radius 1 is 1.43 bits per heavy atom. The smallest absolute Gasteiger partial charge is 0.160 e. The van der Waals surface area contributed by atoms with E-state index in [4.69, 9.17) is 19.7 Å². The van der Waals surface area contributed by atoms with Crippen LogP contribution in [0, 0.1) is 0 Å². The number of nitrogens with zero attached hydrogens (tertiary/aromatic N) is 3. The Labute approximate surface area is 82.8 Å². The summed E-state index contributed by atoms with van der Waals surface area (Å²) >= 11 is 0. The van der Waals surface area contributed by atoms with E-state index in [0.717, 1.165) is 0 Å². The van der Waals surface area contributed by atoms with E-state index in [1.807, 2.05) is 6.92 Å². The molecule has 1 heterocycles. The predicted octanol–water partition coefficient (Wildman–Crippen LogP) is 1.46. The third kappa shape index (κ3) is 2.36. The van der Waals surface area contributed by atoms with E-state index >= 15 is 0 Å². The van der Waals surface area contributed by atoms with Crippen molar-refractivity contribution in [2.24, 2.45) is 5.11 Å². The van der Waals surface area contributed by atoms with Crippen LogP contribution >= 0.6 is 0 Å². The number of methoxy groups -OCH3 is 2. The molecule has 6 heteroatoms. The summed E-state index contributed by atoms with van der Waals surface area (Å²) < 4.78 is 15.8. The molecule has 1 aliphatic rings. The first-order chi connectivity index (χ1) is 6.72. The van der Waals surface area contributed by atoms with Crippen LogP contribution in [0.3, 0.4) is 0 Å². The molecule has 0 aliphatic carbocycles. The fourth-order valence-electron chi connectivity index (χ4n) is 1.62. The Morgan fingerprint density at radius 2 is 2.14 bits per heavy atom. The van der Waals surface area contributed by atoms with E-state index in [-0.39, 0.29) is 24.5 Å². The summed E-state index contributed by atoms with van der Waals surface area (Å²) in [4.78, 5) is 2.78. The SMILES string of the molecule is CO[C@@H]1C[C@H](OC)[C@@H](N=[N+]=[N-])[C@H](C)O1. The van der Waals surface area contributed by atoms with Crippen molar-refractivity contribution < 1.29 is 14.2 Å². The van der Waals surface area contributed by atoms with E-state index in [9.17, 15) is 0 Å². The molecule has 0 amide bonds. The molecule has 1 saturated heterocycles. The molecule has 0 unspecified atom stereocenters. The molecule has 0 aromatic carbocycles. The zero-order valence-corrected chi connectivity index (χ0v) is 8.58. The van der Waals surface area contributed by atoms with Crippen molar-refractivity contribution in [3.8, 4) is 0 Å². The van der Waals surface area contributed by atoms with Gasteiger partial charge >= 0.3 is 0 Å². The van der Waals surface area contributed by atoms with Gasteiger partial charge in [0.25, 0.3) is 0 Å². The van der Waals surface area contributed by atoms with Crippen molar-refractivity contribution in [2.45, 2.75) is 37.9 Å². The van der Waals surface area contributed by atoms with Crippen LogP contribution in [0.5, 0.6) is 0 Å². The first kappa shape index (κ1) is 11.3. The molecule has 1 aliphatic heterocycles. The minimum Gasteiger partial charge on any atom is -0.381 e. The highest BCUT2D eigenvalue weighted by Crippen LogP contribution is 2.24. The maximum Gasteiger partial charge on any atom is 0.160 e. The summed E-state index contributed by atoms with van der Waals surface area (Å²) in [6.45, 7) is 1.84. The van der Waals surface area contributed by atoms with Gasteiger partial charge in [-0.3, -0.25) is 0 Å². The lowest BCUT2D eigenvalue weighted by atomic mass is 10.0. The fraction of sp³-hybridized carbons (Fsp3) is 1.00. The van der Waals surface area contributed by atoms with Gasteiger partial charge in [-0.05, 0) is 12.5 Å². The van der Waals surface area contributed by atoms with E-state index in [2.05, 4.69) is 10.0 Å². The quantitative estimate of drug-likeness (QED) is 0.394. The van der Waals surface area contributed by atoms with Gasteiger partial charge in [-0.15, -0.1) is 0 Å². The van der Waals surface area contributed by atoms with Gasteiger partial charge in [0.05, 0.1) is 18.2 Å². The van der Waals surface area contributed by atoms with Gasteiger partial charge in [0.15, 0.2) is 6.29 Å². The van der Waals surface area contributed by atoms with Crippen molar-refractivity contribution in [3.05, 3.63) is 10.4 Å². The monoisotopic (exact) mass is 201 g/mol. The number of hydrogen-bond acceptors (Lipinski definition) is 4. The minimum atomic E-state index is -0.281. The molecule has 0 radical (unpaired) electrons. The van der Waals surface area contributed by atoms with Crippen molar-refractivity contribution in [2.75, 3.05) is 14.2 Å². The maximum atomic E-state index is 8.39. The molecule has 4 atom stereocenters. The van der Waals surface area contributed by atoms with Gasteiger partial charge in [-0.2, -0.15) is 0 Å². The number of azide groups is 1.